The molecule has 2 aromatic rings. The summed E-state index contributed by atoms with van der Waals surface area (Å²) in [6, 6.07) is 9.35. The second-order valence-electron chi connectivity index (χ2n) is 6.25. The van der Waals surface area contributed by atoms with Crippen LogP contribution in [-0.4, -0.2) is 61.6 Å². The van der Waals surface area contributed by atoms with E-state index in [4.69, 9.17) is 4.74 Å². The number of halogens is 1. The molecule has 3 rings (SSSR count). The number of nitrogens with zero attached hydrogens (tertiary/aromatic N) is 3. The Bertz CT molecular complexity index is 807. The number of hydrogen-bond acceptors (Lipinski definition) is 5. The Morgan fingerprint density at radius 3 is 2.59 bits per heavy atom. The molecule has 1 saturated heterocycles. The fourth-order valence-electron chi connectivity index (χ4n) is 2.81. The summed E-state index contributed by atoms with van der Waals surface area (Å²) in [6.07, 6.45) is 3.08. The van der Waals surface area contributed by atoms with Crippen molar-refractivity contribution in [1.29, 1.82) is 0 Å². The predicted molar refractivity (Wildman–Crippen MR) is 107 cm³/mol. The molecule has 1 aromatic heterocycles. The number of rotatable bonds is 5. The second-order valence-corrected chi connectivity index (χ2v) is 7.16. The minimum atomic E-state index is -0.262. The lowest BCUT2D eigenvalue weighted by molar-refractivity contribution is -0.116. The highest BCUT2D eigenvalue weighted by Crippen LogP contribution is 2.19. The molecule has 0 radical (unpaired) electrons. The van der Waals surface area contributed by atoms with E-state index in [2.05, 4.69) is 31.1 Å². The molecule has 1 fully saturated rings. The van der Waals surface area contributed by atoms with Crippen molar-refractivity contribution < 1.29 is 14.3 Å². The van der Waals surface area contributed by atoms with E-state index < -0.39 is 0 Å². The summed E-state index contributed by atoms with van der Waals surface area (Å²) in [5.41, 5.74) is 2.22. The van der Waals surface area contributed by atoms with Gasteiger partial charge in [-0.1, -0.05) is 0 Å². The molecule has 2 heterocycles. The van der Waals surface area contributed by atoms with E-state index >= 15 is 0 Å². The minimum Gasteiger partial charge on any atom is -0.378 e. The molecule has 8 heteroatoms. The molecular formula is C19H21BrN4O3. The van der Waals surface area contributed by atoms with Crippen molar-refractivity contribution in [2.24, 2.45) is 0 Å². The first-order valence-electron chi connectivity index (χ1n) is 8.61. The number of amides is 2. The number of benzene rings is 1. The average molecular weight is 433 g/mol. The maximum atomic E-state index is 12.4. The quantitative estimate of drug-likeness (QED) is 0.784. The number of aromatic nitrogens is 1. The summed E-state index contributed by atoms with van der Waals surface area (Å²) < 4.78 is 6.07. The van der Waals surface area contributed by atoms with Crippen LogP contribution in [0.5, 0.6) is 0 Å². The summed E-state index contributed by atoms with van der Waals surface area (Å²) in [7, 11) is 1.59. The van der Waals surface area contributed by atoms with Crippen LogP contribution in [-0.2, 0) is 9.53 Å². The van der Waals surface area contributed by atoms with Gasteiger partial charge in [-0.25, -0.2) is 0 Å². The molecule has 0 unspecified atom stereocenters. The van der Waals surface area contributed by atoms with Gasteiger partial charge in [-0.2, -0.15) is 0 Å². The van der Waals surface area contributed by atoms with Gasteiger partial charge in [0.2, 0.25) is 5.91 Å². The van der Waals surface area contributed by atoms with Crippen LogP contribution < -0.4 is 10.2 Å². The van der Waals surface area contributed by atoms with Crippen molar-refractivity contribution in [1.82, 2.24) is 9.88 Å². The summed E-state index contributed by atoms with van der Waals surface area (Å²) in [6.45, 7) is 3.14. The van der Waals surface area contributed by atoms with Crippen LogP contribution in [0.4, 0.5) is 11.4 Å². The molecule has 1 aliphatic heterocycles. The van der Waals surface area contributed by atoms with E-state index in [1.165, 1.54) is 11.1 Å². The van der Waals surface area contributed by atoms with Crippen LogP contribution in [0.3, 0.4) is 0 Å². The van der Waals surface area contributed by atoms with Gasteiger partial charge in [-0.3, -0.25) is 14.6 Å². The monoisotopic (exact) mass is 432 g/mol. The molecular weight excluding hydrogens is 412 g/mol. The molecule has 1 aromatic carbocycles. The van der Waals surface area contributed by atoms with Gasteiger partial charge in [-0.05, 0) is 46.3 Å². The zero-order valence-corrected chi connectivity index (χ0v) is 16.6. The maximum absolute atomic E-state index is 12.4. The molecule has 0 atom stereocenters. The Morgan fingerprint density at radius 2 is 1.93 bits per heavy atom. The van der Waals surface area contributed by atoms with Crippen LogP contribution in [0.2, 0.25) is 0 Å². The number of likely N-dealkylation sites (N-methyl/N-ethyl adjacent to an activating group) is 1. The topological polar surface area (TPSA) is 74.8 Å². The van der Waals surface area contributed by atoms with Gasteiger partial charge in [0, 0.05) is 48.4 Å². The van der Waals surface area contributed by atoms with Crippen molar-refractivity contribution in [3.8, 4) is 0 Å². The first-order valence-corrected chi connectivity index (χ1v) is 9.41. The van der Waals surface area contributed by atoms with E-state index in [1.807, 2.05) is 24.3 Å². The molecule has 2 amide bonds. The summed E-state index contributed by atoms with van der Waals surface area (Å²) in [5, 5.41) is 2.82. The highest BCUT2D eigenvalue weighted by Gasteiger charge is 2.16. The molecule has 1 aliphatic rings. The number of ether oxygens (including phenoxy) is 1. The number of hydrogen-bond donors (Lipinski definition) is 1. The first kappa shape index (κ1) is 19.3. The Morgan fingerprint density at radius 1 is 1.22 bits per heavy atom. The minimum absolute atomic E-state index is 0.0451. The van der Waals surface area contributed by atoms with Gasteiger partial charge < -0.3 is 19.9 Å². The lowest BCUT2D eigenvalue weighted by Crippen LogP contribution is -2.36. The molecule has 0 saturated carbocycles. The van der Waals surface area contributed by atoms with Gasteiger partial charge in [-0.15, -0.1) is 0 Å². The smallest absolute Gasteiger partial charge is 0.255 e. The van der Waals surface area contributed by atoms with Crippen LogP contribution in [0.25, 0.3) is 0 Å². The SMILES string of the molecule is CN(CC(=O)Nc1ccc(N2CCOCC2)cc1)C(=O)c1cncc(Br)c1. The average Bonchev–Trinajstić information content (AvgIpc) is 2.68. The zero-order valence-electron chi connectivity index (χ0n) is 15.0. The van der Waals surface area contributed by atoms with E-state index in [-0.39, 0.29) is 18.4 Å². The fraction of sp³-hybridized carbons (Fsp3) is 0.316. The lowest BCUT2D eigenvalue weighted by Gasteiger charge is -2.28. The highest BCUT2D eigenvalue weighted by molar-refractivity contribution is 9.10. The van der Waals surface area contributed by atoms with Gasteiger partial charge in [0.1, 0.15) is 0 Å². The fourth-order valence-corrected chi connectivity index (χ4v) is 3.18. The Hall–Kier alpha value is -2.45. The van der Waals surface area contributed by atoms with E-state index in [0.29, 0.717) is 15.7 Å². The van der Waals surface area contributed by atoms with E-state index in [1.54, 1.807) is 19.3 Å². The zero-order chi connectivity index (χ0) is 19.2. The standard InChI is InChI=1S/C19H21BrN4O3/c1-23(19(26)14-10-15(20)12-21-11-14)13-18(25)22-16-2-4-17(5-3-16)24-6-8-27-9-7-24/h2-5,10-12H,6-9,13H2,1H3,(H,22,25). The highest BCUT2D eigenvalue weighted by atomic mass is 79.9. The number of anilines is 2. The maximum Gasteiger partial charge on any atom is 0.255 e. The molecule has 0 spiro atoms. The lowest BCUT2D eigenvalue weighted by atomic mass is 10.2. The molecule has 0 aliphatic carbocycles. The van der Waals surface area contributed by atoms with Gasteiger partial charge in [0.15, 0.2) is 0 Å². The third kappa shape index (κ3) is 5.27. The van der Waals surface area contributed by atoms with Gasteiger partial charge >= 0.3 is 0 Å². The second kappa shape index (κ2) is 8.96. The van der Waals surface area contributed by atoms with Gasteiger partial charge in [0.25, 0.3) is 5.91 Å². The Labute approximate surface area is 166 Å². The number of pyridine rings is 1. The van der Waals surface area contributed by atoms with Crippen LogP contribution in [0.15, 0.2) is 47.2 Å². The van der Waals surface area contributed by atoms with Crippen molar-refractivity contribution in [3.63, 3.8) is 0 Å². The third-order valence-electron chi connectivity index (χ3n) is 4.21. The van der Waals surface area contributed by atoms with E-state index in [9.17, 15) is 9.59 Å². The Kier molecular flexibility index (Phi) is 6.41. The van der Waals surface area contributed by atoms with Crippen LogP contribution in [0, 0.1) is 0 Å². The number of nitrogens with one attached hydrogen (secondary N) is 1. The molecule has 7 nitrogen and oxygen atoms in total. The Balaban J connectivity index is 1.54. The van der Waals surface area contributed by atoms with Crippen molar-refractivity contribution >= 4 is 39.1 Å². The number of morpholine rings is 1. The molecule has 0 bridgehead atoms. The molecule has 1 N–H and O–H groups in total. The summed E-state index contributed by atoms with van der Waals surface area (Å²) in [5.74, 6) is -0.519. The van der Waals surface area contributed by atoms with E-state index in [0.717, 1.165) is 32.0 Å². The van der Waals surface area contributed by atoms with Crippen LogP contribution >= 0.6 is 15.9 Å². The predicted octanol–water partition coefficient (Wildman–Crippen LogP) is 2.39. The number of carbonyl (C=O) groups excluding carboxylic acids is 2. The van der Waals surface area contributed by atoms with Crippen molar-refractivity contribution in [2.75, 3.05) is 50.1 Å². The molecule has 27 heavy (non-hydrogen) atoms. The molecule has 142 valence electrons. The number of carbonyl (C=O) groups is 2. The van der Waals surface area contributed by atoms with Crippen molar-refractivity contribution in [2.45, 2.75) is 0 Å². The van der Waals surface area contributed by atoms with Crippen molar-refractivity contribution in [3.05, 3.63) is 52.8 Å². The third-order valence-corrected chi connectivity index (χ3v) is 4.64. The largest absolute Gasteiger partial charge is 0.378 e. The van der Waals surface area contributed by atoms with Gasteiger partial charge in [0.05, 0.1) is 25.3 Å². The van der Waals surface area contributed by atoms with Crippen LogP contribution in [0.1, 0.15) is 10.4 Å². The first-order chi connectivity index (χ1) is 13.0. The summed E-state index contributed by atoms with van der Waals surface area (Å²) in [4.78, 5) is 32.2. The normalized spacial score (nSPS) is 13.9. The summed E-state index contributed by atoms with van der Waals surface area (Å²) >= 11 is 3.29.